The van der Waals surface area contributed by atoms with Crippen LogP contribution in [0.4, 0.5) is 13.2 Å². The van der Waals surface area contributed by atoms with Gasteiger partial charge in [-0.15, -0.1) is 0 Å². The quantitative estimate of drug-likeness (QED) is 0.641. The van der Waals surface area contributed by atoms with Crippen LogP contribution >= 0.6 is 0 Å². The van der Waals surface area contributed by atoms with Gasteiger partial charge in [0.05, 0.1) is 24.3 Å². The van der Waals surface area contributed by atoms with Gasteiger partial charge < -0.3 is 10.6 Å². The highest BCUT2D eigenvalue weighted by Gasteiger charge is 2.30. The fraction of sp³-hybridized carbons (Fsp3) is 0.412. The van der Waals surface area contributed by atoms with Crippen molar-refractivity contribution in [2.45, 2.75) is 32.6 Å². The third-order valence-electron chi connectivity index (χ3n) is 3.69. The topological polar surface area (TPSA) is 54.2 Å². The third kappa shape index (κ3) is 5.51. The molecule has 1 atom stereocenters. The maximum atomic E-state index is 12.8. The first kappa shape index (κ1) is 18.8. The Hall–Kier alpha value is -2.51. The molecule has 0 aliphatic heterocycles. The van der Waals surface area contributed by atoms with Crippen LogP contribution in [0.15, 0.2) is 41.7 Å². The number of aryl methyl sites for hydroxylation is 1. The number of rotatable bonds is 5. The smallest absolute Gasteiger partial charge is 0.355 e. The van der Waals surface area contributed by atoms with Gasteiger partial charge in [-0.05, 0) is 37.1 Å². The van der Waals surface area contributed by atoms with Crippen molar-refractivity contribution >= 4 is 5.96 Å². The number of nitrogens with zero attached hydrogens (tertiary/aromatic N) is 3. The maximum absolute atomic E-state index is 12.8. The number of guanidine groups is 1. The van der Waals surface area contributed by atoms with E-state index >= 15 is 0 Å². The van der Waals surface area contributed by atoms with Crippen molar-refractivity contribution in [2.75, 3.05) is 13.6 Å². The highest BCUT2D eigenvalue weighted by molar-refractivity contribution is 5.80. The Morgan fingerprint density at radius 2 is 2.12 bits per heavy atom. The second kappa shape index (κ2) is 8.04. The average molecular weight is 353 g/mol. The molecule has 2 N–H and O–H groups in total. The van der Waals surface area contributed by atoms with Crippen LogP contribution in [-0.2, 0) is 12.7 Å². The third-order valence-corrected chi connectivity index (χ3v) is 3.69. The molecule has 1 unspecified atom stereocenters. The molecule has 25 heavy (non-hydrogen) atoms. The van der Waals surface area contributed by atoms with Crippen LogP contribution < -0.4 is 10.6 Å². The minimum absolute atomic E-state index is 0.319. The van der Waals surface area contributed by atoms with Gasteiger partial charge in [0.2, 0.25) is 0 Å². The Morgan fingerprint density at radius 3 is 2.72 bits per heavy atom. The summed E-state index contributed by atoms with van der Waals surface area (Å²) in [5, 5.41) is 10.4. The Labute approximate surface area is 145 Å². The van der Waals surface area contributed by atoms with Crippen molar-refractivity contribution in [3.63, 3.8) is 0 Å². The van der Waals surface area contributed by atoms with Gasteiger partial charge in [-0.2, -0.15) is 18.3 Å². The van der Waals surface area contributed by atoms with Crippen molar-refractivity contribution in [3.05, 3.63) is 53.3 Å². The zero-order chi connectivity index (χ0) is 18.4. The van der Waals surface area contributed by atoms with E-state index in [-0.39, 0.29) is 6.04 Å². The number of hydrogen-bond acceptors (Lipinski definition) is 2. The summed E-state index contributed by atoms with van der Waals surface area (Å²) in [7, 11) is 1.62. The number of alkyl halides is 3. The predicted molar refractivity (Wildman–Crippen MR) is 91.3 cm³/mol. The molecule has 0 spiro atoms. The van der Waals surface area contributed by atoms with Gasteiger partial charge in [0.1, 0.15) is 0 Å². The number of hydrogen-bond donors (Lipinski definition) is 2. The van der Waals surface area contributed by atoms with Crippen LogP contribution in [0.3, 0.4) is 0 Å². The predicted octanol–water partition coefficient (Wildman–Crippen LogP) is 3.14. The summed E-state index contributed by atoms with van der Waals surface area (Å²) in [6.45, 7) is 5.01. The Balaban J connectivity index is 1.92. The van der Waals surface area contributed by atoms with Gasteiger partial charge >= 0.3 is 6.18 Å². The van der Waals surface area contributed by atoms with Crippen molar-refractivity contribution < 1.29 is 13.2 Å². The monoisotopic (exact) mass is 353 g/mol. The molecule has 0 radical (unpaired) electrons. The summed E-state index contributed by atoms with van der Waals surface area (Å²) >= 11 is 0. The van der Waals surface area contributed by atoms with E-state index in [9.17, 15) is 13.2 Å². The van der Waals surface area contributed by atoms with Gasteiger partial charge in [0.15, 0.2) is 5.96 Å². The van der Waals surface area contributed by atoms with Crippen LogP contribution in [0.25, 0.3) is 0 Å². The van der Waals surface area contributed by atoms with Crippen LogP contribution in [-0.4, -0.2) is 29.3 Å². The van der Waals surface area contributed by atoms with E-state index in [0.717, 1.165) is 17.7 Å². The first-order valence-corrected chi connectivity index (χ1v) is 7.93. The molecule has 1 heterocycles. The molecule has 8 heteroatoms. The molecule has 0 aliphatic rings. The first-order chi connectivity index (χ1) is 11.8. The van der Waals surface area contributed by atoms with Gasteiger partial charge in [-0.25, -0.2) is 0 Å². The lowest BCUT2D eigenvalue weighted by Gasteiger charge is -2.19. The number of nitrogens with one attached hydrogen (secondary N) is 2. The summed E-state index contributed by atoms with van der Waals surface area (Å²) in [6, 6.07) is 4.96. The average Bonchev–Trinajstić information content (AvgIpc) is 2.98. The van der Waals surface area contributed by atoms with Crippen LogP contribution in [0, 0.1) is 6.92 Å². The van der Waals surface area contributed by atoms with Crippen LogP contribution in [0.2, 0.25) is 0 Å². The summed E-state index contributed by atoms with van der Waals surface area (Å²) in [5.41, 5.74) is 0.969. The number of benzene rings is 1. The SMILES string of the molecule is CN=C(NCCn1cc(C)cn1)NC(C)c1cccc(C(F)(F)F)c1. The number of aliphatic imine (C=N–C) groups is 1. The lowest BCUT2D eigenvalue weighted by Crippen LogP contribution is -2.40. The molecule has 0 saturated carbocycles. The zero-order valence-electron chi connectivity index (χ0n) is 14.4. The van der Waals surface area contributed by atoms with Crippen LogP contribution in [0.1, 0.15) is 29.7 Å². The highest BCUT2D eigenvalue weighted by atomic mass is 19.4. The molecule has 1 aromatic carbocycles. The lowest BCUT2D eigenvalue weighted by molar-refractivity contribution is -0.137. The summed E-state index contributed by atoms with van der Waals surface area (Å²) in [4.78, 5) is 4.10. The molecule has 2 rings (SSSR count). The van der Waals surface area contributed by atoms with E-state index in [1.54, 1.807) is 26.2 Å². The first-order valence-electron chi connectivity index (χ1n) is 7.93. The van der Waals surface area contributed by atoms with E-state index in [1.165, 1.54) is 6.07 Å². The molecule has 0 bridgehead atoms. The molecule has 0 saturated heterocycles. The van der Waals surface area contributed by atoms with Crippen molar-refractivity contribution in [3.8, 4) is 0 Å². The van der Waals surface area contributed by atoms with E-state index in [4.69, 9.17) is 0 Å². The Kier molecular flexibility index (Phi) is 6.06. The molecular formula is C17H22F3N5. The lowest BCUT2D eigenvalue weighted by atomic mass is 10.1. The van der Waals surface area contributed by atoms with Gasteiger partial charge in [0, 0.05) is 19.8 Å². The largest absolute Gasteiger partial charge is 0.416 e. The molecule has 2 aromatic rings. The van der Waals surface area contributed by atoms with E-state index in [0.29, 0.717) is 24.6 Å². The van der Waals surface area contributed by atoms with Crippen molar-refractivity contribution in [1.82, 2.24) is 20.4 Å². The molecule has 0 amide bonds. The maximum Gasteiger partial charge on any atom is 0.416 e. The summed E-state index contributed by atoms with van der Waals surface area (Å²) in [6.07, 6.45) is -0.635. The molecule has 1 aromatic heterocycles. The molecule has 0 aliphatic carbocycles. The van der Waals surface area contributed by atoms with E-state index < -0.39 is 11.7 Å². The van der Waals surface area contributed by atoms with Crippen LogP contribution in [0.5, 0.6) is 0 Å². The van der Waals surface area contributed by atoms with Crippen molar-refractivity contribution in [1.29, 1.82) is 0 Å². The molecular weight excluding hydrogens is 331 g/mol. The fourth-order valence-corrected chi connectivity index (χ4v) is 2.35. The van der Waals surface area contributed by atoms with Gasteiger partial charge in [-0.1, -0.05) is 12.1 Å². The summed E-state index contributed by atoms with van der Waals surface area (Å²) < 4.78 is 40.3. The van der Waals surface area contributed by atoms with Gasteiger partial charge in [0.25, 0.3) is 0 Å². The Bertz CT molecular complexity index is 721. The molecule has 5 nitrogen and oxygen atoms in total. The molecule has 136 valence electrons. The Morgan fingerprint density at radius 1 is 1.36 bits per heavy atom. The zero-order valence-corrected chi connectivity index (χ0v) is 14.4. The van der Waals surface area contributed by atoms with Gasteiger partial charge in [-0.3, -0.25) is 9.67 Å². The van der Waals surface area contributed by atoms with E-state index in [1.807, 2.05) is 17.8 Å². The minimum atomic E-state index is -4.35. The molecule has 0 fully saturated rings. The number of aromatic nitrogens is 2. The second-order valence-corrected chi connectivity index (χ2v) is 5.77. The summed E-state index contributed by atoms with van der Waals surface area (Å²) in [5.74, 6) is 0.522. The second-order valence-electron chi connectivity index (χ2n) is 5.77. The van der Waals surface area contributed by atoms with Crippen molar-refractivity contribution in [2.24, 2.45) is 4.99 Å². The normalized spacial score (nSPS) is 13.6. The van der Waals surface area contributed by atoms with E-state index in [2.05, 4.69) is 20.7 Å². The number of halogens is 3. The highest BCUT2D eigenvalue weighted by Crippen LogP contribution is 2.30. The standard InChI is InChI=1S/C17H22F3N5/c1-12-10-23-25(11-12)8-7-22-16(21-3)24-13(2)14-5-4-6-15(9-14)17(18,19)20/h4-6,9-11,13H,7-8H2,1-3H3,(H2,21,22,24). The fourth-order valence-electron chi connectivity index (χ4n) is 2.35. The minimum Gasteiger partial charge on any atom is -0.355 e.